The first kappa shape index (κ1) is 26.5. The summed E-state index contributed by atoms with van der Waals surface area (Å²) in [6.45, 7) is 5.56. The Morgan fingerprint density at radius 2 is 1.62 bits per heavy atom. The van der Waals surface area contributed by atoms with E-state index in [1.54, 1.807) is 6.92 Å². The van der Waals surface area contributed by atoms with Crippen LogP contribution in [0, 0.1) is 5.92 Å². The number of nitrogens with zero attached hydrogens (tertiary/aromatic N) is 3. The summed E-state index contributed by atoms with van der Waals surface area (Å²) in [5, 5.41) is 11.8. The van der Waals surface area contributed by atoms with Crippen LogP contribution in [0.25, 0.3) is 22.4 Å². The molecule has 194 valence electrons. The van der Waals surface area contributed by atoms with Crippen LogP contribution < -0.4 is 11.1 Å². The minimum Gasteiger partial charge on any atom is -0.343 e. The lowest BCUT2D eigenvalue weighted by molar-refractivity contribution is -0.130. The number of anilines is 1. The normalized spacial score (nSPS) is 17.8. The zero-order chi connectivity index (χ0) is 26.6. The summed E-state index contributed by atoms with van der Waals surface area (Å²) in [6.07, 6.45) is 4.18. The first-order chi connectivity index (χ1) is 17.6. The SMILES string of the molecule is CC(=O)N(C)[C@H]1CC[C@H](CC(=O)Nc2cc(-c3ccccc3)c(-c3ccc(C(C)(C)N)cc3)nn2)CC1. The molecule has 37 heavy (non-hydrogen) atoms. The van der Waals surface area contributed by atoms with Gasteiger partial charge in [-0.1, -0.05) is 54.6 Å². The van der Waals surface area contributed by atoms with E-state index in [9.17, 15) is 9.59 Å². The summed E-state index contributed by atoms with van der Waals surface area (Å²) in [6, 6.07) is 20.2. The highest BCUT2D eigenvalue weighted by Crippen LogP contribution is 2.33. The number of hydrogen-bond acceptors (Lipinski definition) is 5. The Balaban J connectivity index is 1.49. The Bertz CT molecular complexity index is 1230. The number of aromatic nitrogens is 2. The average Bonchev–Trinajstić information content (AvgIpc) is 2.88. The quantitative estimate of drug-likeness (QED) is 0.455. The van der Waals surface area contributed by atoms with E-state index in [0.717, 1.165) is 53.6 Å². The zero-order valence-electron chi connectivity index (χ0n) is 22.2. The molecule has 0 unspecified atom stereocenters. The molecule has 0 saturated heterocycles. The highest BCUT2D eigenvalue weighted by Gasteiger charge is 2.26. The van der Waals surface area contributed by atoms with Gasteiger partial charge in [0.15, 0.2) is 5.82 Å². The highest BCUT2D eigenvalue weighted by atomic mass is 16.2. The third kappa shape index (κ3) is 6.60. The van der Waals surface area contributed by atoms with Crippen molar-refractivity contribution in [3.63, 3.8) is 0 Å². The van der Waals surface area contributed by atoms with Crippen LogP contribution in [0.3, 0.4) is 0 Å². The monoisotopic (exact) mass is 499 g/mol. The minimum absolute atomic E-state index is 0.0565. The van der Waals surface area contributed by atoms with Gasteiger partial charge in [-0.05, 0) is 62.6 Å². The number of carbonyl (C=O) groups is 2. The van der Waals surface area contributed by atoms with E-state index < -0.39 is 5.54 Å². The van der Waals surface area contributed by atoms with Gasteiger partial charge in [0.2, 0.25) is 11.8 Å². The molecule has 4 rings (SSSR count). The van der Waals surface area contributed by atoms with E-state index in [2.05, 4.69) is 15.5 Å². The fourth-order valence-corrected chi connectivity index (χ4v) is 5.01. The Morgan fingerprint density at radius 1 is 0.973 bits per heavy atom. The lowest BCUT2D eigenvalue weighted by atomic mass is 9.83. The second-order valence-electron chi connectivity index (χ2n) is 10.7. The molecule has 0 radical (unpaired) electrons. The van der Waals surface area contributed by atoms with Crippen molar-refractivity contribution < 1.29 is 9.59 Å². The summed E-state index contributed by atoms with van der Waals surface area (Å²) >= 11 is 0. The molecule has 1 aliphatic rings. The highest BCUT2D eigenvalue weighted by molar-refractivity contribution is 5.91. The van der Waals surface area contributed by atoms with Gasteiger partial charge in [-0.2, -0.15) is 0 Å². The van der Waals surface area contributed by atoms with Crippen LogP contribution in [-0.2, 0) is 15.1 Å². The first-order valence-corrected chi connectivity index (χ1v) is 13.0. The van der Waals surface area contributed by atoms with Gasteiger partial charge in [0.1, 0.15) is 5.69 Å². The van der Waals surface area contributed by atoms with Crippen LogP contribution in [0.5, 0.6) is 0 Å². The van der Waals surface area contributed by atoms with Crippen molar-refractivity contribution in [3.05, 3.63) is 66.2 Å². The molecule has 2 amide bonds. The minimum atomic E-state index is -0.427. The summed E-state index contributed by atoms with van der Waals surface area (Å²) in [7, 11) is 1.86. The van der Waals surface area contributed by atoms with Gasteiger partial charge < -0.3 is 16.0 Å². The van der Waals surface area contributed by atoms with Crippen molar-refractivity contribution in [2.75, 3.05) is 12.4 Å². The zero-order valence-corrected chi connectivity index (χ0v) is 22.2. The number of carbonyl (C=O) groups excluding carboxylic acids is 2. The number of amides is 2. The van der Waals surface area contributed by atoms with Crippen LogP contribution in [0.4, 0.5) is 5.82 Å². The molecule has 7 nitrogen and oxygen atoms in total. The average molecular weight is 500 g/mol. The number of rotatable bonds is 7. The maximum Gasteiger partial charge on any atom is 0.225 e. The molecule has 1 fully saturated rings. The lowest BCUT2D eigenvalue weighted by Gasteiger charge is -2.34. The molecule has 0 atom stereocenters. The fourth-order valence-electron chi connectivity index (χ4n) is 5.01. The predicted molar refractivity (Wildman–Crippen MR) is 148 cm³/mol. The van der Waals surface area contributed by atoms with Gasteiger partial charge in [0.25, 0.3) is 0 Å². The molecule has 0 aliphatic heterocycles. The lowest BCUT2D eigenvalue weighted by Crippen LogP contribution is -2.38. The van der Waals surface area contributed by atoms with E-state index >= 15 is 0 Å². The van der Waals surface area contributed by atoms with Gasteiger partial charge in [-0.3, -0.25) is 9.59 Å². The molecular weight excluding hydrogens is 462 g/mol. The molecule has 3 aromatic rings. The third-order valence-electron chi connectivity index (χ3n) is 7.38. The number of nitrogens with two attached hydrogens (primary N) is 1. The number of nitrogens with one attached hydrogen (secondary N) is 1. The molecule has 7 heteroatoms. The van der Waals surface area contributed by atoms with Crippen LogP contribution in [0.1, 0.15) is 58.4 Å². The first-order valence-electron chi connectivity index (χ1n) is 13.0. The van der Waals surface area contributed by atoms with Crippen molar-refractivity contribution in [2.45, 2.75) is 64.5 Å². The van der Waals surface area contributed by atoms with Crippen LogP contribution in [0.15, 0.2) is 60.7 Å². The van der Waals surface area contributed by atoms with Gasteiger partial charge in [0, 0.05) is 43.1 Å². The fraction of sp³-hybridized carbons (Fsp3) is 0.400. The van der Waals surface area contributed by atoms with E-state index in [4.69, 9.17) is 5.73 Å². The van der Waals surface area contributed by atoms with Gasteiger partial charge in [0.05, 0.1) is 0 Å². The summed E-state index contributed by atoms with van der Waals surface area (Å²) in [4.78, 5) is 26.4. The third-order valence-corrected chi connectivity index (χ3v) is 7.38. The summed E-state index contributed by atoms with van der Waals surface area (Å²) < 4.78 is 0. The second kappa shape index (κ2) is 11.2. The Labute approximate surface area is 219 Å². The standard InChI is InChI=1S/C30H37N5O2/c1-20(36)35(4)25-16-10-21(11-17-25)18-28(37)32-27-19-26(22-8-6-5-7-9-22)29(34-33-27)23-12-14-24(15-13-23)30(2,3)31/h5-9,12-15,19,21,25H,10-11,16-18,31H2,1-4H3,(H,32,33,37)/t21-,25-. The van der Waals surface area contributed by atoms with Crippen molar-refractivity contribution >= 4 is 17.6 Å². The van der Waals surface area contributed by atoms with Crippen molar-refractivity contribution in [2.24, 2.45) is 11.7 Å². The number of benzene rings is 2. The van der Waals surface area contributed by atoms with Crippen molar-refractivity contribution in [3.8, 4) is 22.4 Å². The topological polar surface area (TPSA) is 101 Å². The van der Waals surface area contributed by atoms with Gasteiger partial charge >= 0.3 is 0 Å². The molecule has 1 heterocycles. The largest absolute Gasteiger partial charge is 0.343 e. The molecule has 2 aromatic carbocycles. The second-order valence-corrected chi connectivity index (χ2v) is 10.7. The molecule has 0 bridgehead atoms. The van der Waals surface area contributed by atoms with E-state index in [1.165, 1.54) is 0 Å². The van der Waals surface area contributed by atoms with Crippen molar-refractivity contribution in [1.82, 2.24) is 15.1 Å². The molecule has 1 aliphatic carbocycles. The van der Waals surface area contributed by atoms with Gasteiger partial charge in [-0.15, -0.1) is 10.2 Å². The Morgan fingerprint density at radius 3 is 2.22 bits per heavy atom. The molecule has 1 saturated carbocycles. The maximum absolute atomic E-state index is 12.9. The molecule has 3 N–H and O–H groups in total. The maximum atomic E-state index is 12.9. The van der Waals surface area contributed by atoms with Crippen LogP contribution in [-0.4, -0.2) is 40.0 Å². The summed E-state index contributed by atoms with van der Waals surface area (Å²) in [5.74, 6) is 0.788. The number of hydrogen-bond donors (Lipinski definition) is 2. The smallest absolute Gasteiger partial charge is 0.225 e. The molecule has 1 aromatic heterocycles. The van der Waals surface area contributed by atoms with E-state index in [-0.39, 0.29) is 17.9 Å². The predicted octanol–water partition coefficient (Wildman–Crippen LogP) is 5.37. The van der Waals surface area contributed by atoms with Crippen molar-refractivity contribution in [1.29, 1.82) is 0 Å². The Kier molecular flexibility index (Phi) is 8.03. The van der Waals surface area contributed by atoms with Crippen LogP contribution in [0.2, 0.25) is 0 Å². The molecule has 0 spiro atoms. The van der Waals surface area contributed by atoms with E-state index in [1.807, 2.05) is 86.5 Å². The summed E-state index contributed by atoms with van der Waals surface area (Å²) in [5.41, 5.74) is 10.4. The van der Waals surface area contributed by atoms with E-state index in [0.29, 0.717) is 18.2 Å². The Hall–Kier alpha value is -3.58. The van der Waals surface area contributed by atoms with Gasteiger partial charge in [-0.25, -0.2) is 0 Å². The molecular formula is C30H37N5O2. The van der Waals surface area contributed by atoms with Crippen LogP contribution >= 0.6 is 0 Å².